The number of β-amino-alcohol motifs (C(OH)–C–C–N with tert-alkyl or cyclic N) is 1. The number of nitrogens with zero attached hydrogens (tertiary/aromatic N) is 1. The predicted octanol–water partition coefficient (Wildman–Crippen LogP) is -0.720. The van der Waals surface area contributed by atoms with Crippen molar-refractivity contribution in [2.45, 2.75) is 31.2 Å². The highest BCUT2D eigenvalue weighted by Gasteiger charge is 2.34. The third-order valence-corrected chi connectivity index (χ3v) is 2.85. The number of alkyl halides is 1. The number of rotatable bonds is 1. The number of hydrogen-bond donors (Lipinski definition) is 2. The molecule has 2 fully saturated rings. The molecule has 0 unspecified atom stereocenters. The van der Waals surface area contributed by atoms with Crippen molar-refractivity contribution in [3.63, 3.8) is 0 Å². The maximum atomic E-state index is 12.8. The maximum Gasteiger partial charge on any atom is 0.239 e. The van der Waals surface area contributed by atoms with Crippen LogP contribution < -0.4 is 5.32 Å². The van der Waals surface area contributed by atoms with Gasteiger partial charge in [0, 0.05) is 26.1 Å². The lowest BCUT2D eigenvalue weighted by molar-refractivity contribution is -0.132. The summed E-state index contributed by atoms with van der Waals surface area (Å²) in [6.45, 7) is 1.26. The van der Waals surface area contributed by atoms with Crippen LogP contribution in [0.25, 0.3) is 0 Å². The number of carbonyl (C=O) groups excluding carboxylic acids is 1. The van der Waals surface area contributed by atoms with Crippen LogP contribution in [0.2, 0.25) is 0 Å². The van der Waals surface area contributed by atoms with Gasteiger partial charge in [0.1, 0.15) is 6.17 Å². The molecule has 0 spiro atoms. The van der Waals surface area contributed by atoms with Crippen LogP contribution in [0, 0.1) is 0 Å². The fourth-order valence-electron chi connectivity index (χ4n) is 2.04. The number of aliphatic hydroxyl groups is 1. The molecule has 0 radical (unpaired) electrons. The first kappa shape index (κ1) is 9.86. The highest BCUT2D eigenvalue weighted by Crippen LogP contribution is 2.16. The summed E-state index contributed by atoms with van der Waals surface area (Å²) in [6, 6.07) is -0.379. The van der Waals surface area contributed by atoms with Gasteiger partial charge in [0.05, 0.1) is 12.1 Å². The van der Waals surface area contributed by atoms with Crippen molar-refractivity contribution >= 4 is 5.91 Å². The Hall–Kier alpha value is -0.680. The zero-order valence-electron chi connectivity index (χ0n) is 7.95. The molecule has 2 aliphatic rings. The minimum atomic E-state index is -0.906. The monoisotopic (exact) mass is 202 g/mol. The summed E-state index contributed by atoms with van der Waals surface area (Å²) in [5, 5.41) is 12.1. The Morgan fingerprint density at radius 2 is 2.36 bits per heavy atom. The Balaban J connectivity index is 1.89. The average Bonchev–Trinajstić information content (AvgIpc) is 2.73. The molecular formula is C9H15FN2O2. The van der Waals surface area contributed by atoms with Crippen molar-refractivity contribution in [3.05, 3.63) is 0 Å². The van der Waals surface area contributed by atoms with Gasteiger partial charge in [-0.25, -0.2) is 4.39 Å². The second-order valence-electron chi connectivity index (χ2n) is 4.02. The molecule has 0 aromatic carbocycles. The van der Waals surface area contributed by atoms with Gasteiger partial charge in [-0.05, 0) is 6.42 Å². The van der Waals surface area contributed by atoms with Gasteiger partial charge >= 0.3 is 0 Å². The number of hydrogen-bond acceptors (Lipinski definition) is 3. The number of halogens is 1. The molecule has 14 heavy (non-hydrogen) atoms. The third-order valence-electron chi connectivity index (χ3n) is 2.85. The summed E-state index contributed by atoms with van der Waals surface area (Å²) in [4.78, 5) is 13.3. The highest BCUT2D eigenvalue weighted by atomic mass is 19.1. The normalized spacial score (nSPS) is 37.9. The van der Waals surface area contributed by atoms with E-state index in [-0.39, 0.29) is 24.9 Å². The Morgan fingerprint density at radius 1 is 1.57 bits per heavy atom. The van der Waals surface area contributed by atoms with E-state index in [4.69, 9.17) is 0 Å². The molecule has 4 nitrogen and oxygen atoms in total. The van der Waals surface area contributed by atoms with Gasteiger partial charge in [-0.3, -0.25) is 4.79 Å². The number of aliphatic hydroxyl groups excluding tert-OH is 1. The Bertz CT molecular complexity index is 215. The van der Waals surface area contributed by atoms with Gasteiger partial charge in [-0.15, -0.1) is 0 Å². The lowest BCUT2D eigenvalue weighted by Crippen LogP contribution is -2.42. The first-order chi connectivity index (χ1) is 6.66. The fraction of sp³-hybridized carbons (Fsp3) is 0.889. The van der Waals surface area contributed by atoms with Gasteiger partial charge in [0.25, 0.3) is 0 Å². The summed E-state index contributed by atoms with van der Waals surface area (Å²) in [6.07, 6.45) is -0.402. The summed E-state index contributed by atoms with van der Waals surface area (Å²) in [5.41, 5.74) is 0. The molecule has 2 heterocycles. The van der Waals surface area contributed by atoms with Gasteiger partial charge < -0.3 is 15.3 Å². The predicted molar refractivity (Wildman–Crippen MR) is 48.5 cm³/mol. The van der Waals surface area contributed by atoms with Crippen LogP contribution in [0.1, 0.15) is 12.8 Å². The van der Waals surface area contributed by atoms with Crippen LogP contribution in [0.3, 0.4) is 0 Å². The molecular weight excluding hydrogens is 187 g/mol. The summed E-state index contributed by atoms with van der Waals surface area (Å²) >= 11 is 0. The van der Waals surface area contributed by atoms with Crippen LogP contribution >= 0.6 is 0 Å². The maximum absolute atomic E-state index is 12.8. The highest BCUT2D eigenvalue weighted by molar-refractivity contribution is 5.82. The van der Waals surface area contributed by atoms with Gasteiger partial charge in [0.2, 0.25) is 5.91 Å². The van der Waals surface area contributed by atoms with Gasteiger partial charge in [-0.1, -0.05) is 0 Å². The van der Waals surface area contributed by atoms with Crippen LogP contribution in [-0.4, -0.2) is 53.9 Å². The van der Waals surface area contributed by atoms with E-state index < -0.39 is 12.3 Å². The third kappa shape index (κ3) is 1.88. The molecule has 0 saturated carbocycles. The molecule has 80 valence electrons. The van der Waals surface area contributed by atoms with Crippen molar-refractivity contribution in [1.82, 2.24) is 10.2 Å². The molecule has 0 aromatic heterocycles. The van der Waals surface area contributed by atoms with E-state index >= 15 is 0 Å². The molecule has 2 saturated heterocycles. The van der Waals surface area contributed by atoms with E-state index in [1.54, 1.807) is 4.90 Å². The first-order valence-electron chi connectivity index (χ1n) is 5.01. The second kappa shape index (κ2) is 3.82. The second-order valence-corrected chi connectivity index (χ2v) is 4.02. The van der Waals surface area contributed by atoms with Crippen LogP contribution in [0.4, 0.5) is 4.39 Å². The van der Waals surface area contributed by atoms with Crippen molar-refractivity contribution in [1.29, 1.82) is 0 Å². The molecule has 1 amide bonds. The summed E-state index contributed by atoms with van der Waals surface area (Å²) in [7, 11) is 0. The number of amides is 1. The minimum Gasteiger partial charge on any atom is -0.391 e. The van der Waals surface area contributed by atoms with E-state index in [1.807, 2.05) is 0 Å². The standard InChI is InChI=1S/C9H15FN2O2/c10-6-3-8(11-4-6)9(14)12-2-1-7(13)5-12/h6-8,11,13H,1-5H2/t6-,7-,8+/m0/s1. The smallest absolute Gasteiger partial charge is 0.239 e. The Labute approximate surface area is 82.1 Å². The van der Waals surface area contributed by atoms with E-state index in [2.05, 4.69) is 5.32 Å². The van der Waals surface area contributed by atoms with Crippen LogP contribution in [0.15, 0.2) is 0 Å². The van der Waals surface area contributed by atoms with Gasteiger partial charge in [0.15, 0.2) is 0 Å². The van der Waals surface area contributed by atoms with Crippen molar-refractivity contribution < 1.29 is 14.3 Å². The first-order valence-corrected chi connectivity index (χ1v) is 5.01. The van der Waals surface area contributed by atoms with E-state index in [0.717, 1.165) is 0 Å². The molecule has 0 bridgehead atoms. The van der Waals surface area contributed by atoms with Gasteiger partial charge in [-0.2, -0.15) is 0 Å². The lowest BCUT2D eigenvalue weighted by Gasteiger charge is -2.19. The molecule has 5 heteroatoms. The van der Waals surface area contributed by atoms with Crippen molar-refractivity contribution in [2.24, 2.45) is 0 Å². The average molecular weight is 202 g/mol. The van der Waals surface area contributed by atoms with Crippen molar-refractivity contribution in [3.8, 4) is 0 Å². The lowest BCUT2D eigenvalue weighted by atomic mass is 10.2. The Morgan fingerprint density at radius 3 is 2.86 bits per heavy atom. The fourth-order valence-corrected chi connectivity index (χ4v) is 2.04. The number of likely N-dealkylation sites (tertiary alicyclic amines) is 1. The Kier molecular flexibility index (Phi) is 2.69. The molecule has 0 aliphatic carbocycles. The van der Waals surface area contributed by atoms with E-state index in [0.29, 0.717) is 19.5 Å². The topological polar surface area (TPSA) is 52.6 Å². The SMILES string of the molecule is O=C([C@H]1C[C@H](F)CN1)N1CC[C@H](O)C1. The molecule has 2 N–H and O–H groups in total. The zero-order chi connectivity index (χ0) is 10.1. The summed E-state index contributed by atoms with van der Waals surface area (Å²) < 4.78 is 12.8. The van der Waals surface area contributed by atoms with E-state index in [9.17, 15) is 14.3 Å². The molecule has 0 aromatic rings. The minimum absolute atomic E-state index is 0.0679. The van der Waals surface area contributed by atoms with Crippen LogP contribution in [-0.2, 0) is 4.79 Å². The molecule has 2 rings (SSSR count). The quantitative estimate of drug-likeness (QED) is 0.590. The largest absolute Gasteiger partial charge is 0.391 e. The van der Waals surface area contributed by atoms with Crippen molar-refractivity contribution in [2.75, 3.05) is 19.6 Å². The van der Waals surface area contributed by atoms with E-state index in [1.165, 1.54) is 0 Å². The number of nitrogens with one attached hydrogen (secondary N) is 1. The summed E-state index contributed by atoms with van der Waals surface area (Å²) in [5.74, 6) is -0.0679. The number of carbonyl (C=O) groups is 1. The molecule has 3 atom stereocenters. The molecule has 2 aliphatic heterocycles. The van der Waals surface area contributed by atoms with Crippen LogP contribution in [0.5, 0.6) is 0 Å². The zero-order valence-corrected chi connectivity index (χ0v) is 7.95.